The number of carboxylic acids is 1. The van der Waals surface area contributed by atoms with Gasteiger partial charge >= 0.3 is 12.1 Å². The highest BCUT2D eigenvalue weighted by Crippen LogP contribution is 2.56. The fraction of sp³-hybridized carbons (Fsp3) is 0.636. The van der Waals surface area contributed by atoms with E-state index in [4.69, 9.17) is 4.74 Å². The lowest BCUT2D eigenvalue weighted by molar-refractivity contribution is -0.158. The van der Waals surface area contributed by atoms with Crippen LogP contribution < -0.4 is 4.72 Å². The maximum atomic E-state index is 13.2. The number of hydrogen-bond donors (Lipinski definition) is 2. The number of likely N-dealkylation sites (tertiary alicyclic amines) is 1. The monoisotopic (exact) mass is 560 g/mol. The fourth-order valence-electron chi connectivity index (χ4n) is 4.60. The highest BCUT2D eigenvalue weighted by Gasteiger charge is 2.69. The summed E-state index contributed by atoms with van der Waals surface area (Å²) in [6.07, 6.45) is -0.191. The van der Waals surface area contributed by atoms with Crippen molar-refractivity contribution >= 4 is 46.1 Å². The summed E-state index contributed by atoms with van der Waals surface area (Å²) in [6, 6.07) is 5.82. The minimum atomic E-state index is -3.92. The number of carbonyl (C=O) groups excluding carboxylic acids is 1. The smallest absolute Gasteiger partial charge is 0.410 e. The molecule has 0 bridgehead atoms. The zero-order valence-corrected chi connectivity index (χ0v) is 23.4. The SMILES string of the molecule is CC(C)(C)OC(=O)N1CC2(Cc3ccc(Br)cc3C2(NS(=O)(=O)CC[Si](C)(C)C)C(=O)O)C1. The second-order valence-electron chi connectivity index (χ2n) is 11.4. The number of sulfonamides is 1. The third kappa shape index (κ3) is 5.15. The van der Waals surface area contributed by atoms with Crippen molar-refractivity contribution in [1.82, 2.24) is 9.62 Å². The average molecular weight is 562 g/mol. The van der Waals surface area contributed by atoms with Crippen LogP contribution in [0.4, 0.5) is 4.79 Å². The lowest BCUT2D eigenvalue weighted by Gasteiger charge is -2.55. The molecule has 1 saturated heterocycles. The fourth-order valence-corrected chi connectivity index (χ4v) is 9.47. The highest BCUT2D eigenvalue weighted by molar-refractivity contribution is 9.10. The van der Waals surface area contributed by atoms with Gasteiger partial charge in [0, 0.05) is 31.1 Å². The van der Waals surface area contributed by atoms with E-state index in [0.29, 0.717) is 22.5 Å². The molecule has 0 radical (unpaired) electrons. The molecule has 1 spiro atoms. The van der Waals surface area contributed by atoms with Crippen molar-refractivity contribution in [3.63, 3.8) is 0 Å². The Morgan fingerprint density at radius 2 is 1.85 bits per heavy atom. The molecule has 1 heterocycles. The molecule has 0 saturated carbocycles. The Balaban J connectivity index is 2.02. The van der Waals surface area contributed by atoms with Gasteiger partial charge in [-0.05, 0) is 56.5 Å². The van der Waals surface area contributed by atoms with Crippen molar-refractivity contribution in [1.29, 1.82) is 0 Å². The van der Waals surface area contributed by atoms with Crippen molar-refractivity contribution in [2.24, 2.45) is 5.41 Å². The minimum absolute atomic E-state index is 0.0804. The molecule has 11 heteroatoms. The first kappa shape index (κ1) is 26.2. The molecule has 3 rings (SSSR count). The van der Waals surface area contributed by atoms with Crippen LogP contribution in [0.2, 0.25) is 25.7 Å². The van der Waals surface area contributed by atoms with Gasteiger partial charge in [-0.3, -0.25) is 0 Å². The van der Waals surface area contributed by atoms with Gasteiger partial charge in [0.2, 0.25) is 10.0 Å². The minimum Gasteiger partial charge on any atom is -0.480 e. The summed E-state index contributed by atoms with van der Waals surface area (Å²) in [5.74, 6) is -1.40. The Bertz CT molecular complexity index is 1070. The van der Waals surface area contributed by atoms with E-state index in [1.54, 1.807) is 26.8 Å². The summed E-state index contributed by atoms with van der Waals surface area (Å²) in [7, 11) is -5.59. The number of hydrogen-bond acceptors (Lipinski definition) is 5. The number of aliphatic carboxylic acids is 1. The van der Waals surface area contributed by atoms with Gasteiger partial charge in [0.15, 0.2) is 5.54 Å². The molecule has 1 amide bonds. The molecule has 0 aromatic heterocycles. The largest absolute Gasteiger partial charge is 0.480 e. The maximum Gasteiger partial charge on any atom is 0.410 e. The van der Waals surface area contributed by atoms with Crippen LogP contribution in [0.3, 0.4) is 0 Å². The van der Waals surface area contributed by atoms with Gasteiger partial charge in [-0.25, -0.2) is 18.0 Å². The van der Waals surface area contributed by atoms with Gasteiger partial charge in [0.25, 0.3) is 0 Å². The Morgan fingerprint density at radius 3 is 2.36 bits per heavy atom. The Labute approximate surface area is 205 Å². The molecule has 184 valence electrons. The van der Waals surface area contributed by atoms with Crippen LogP contribution in [0.1, 0.15) is 31.9 Å². The number of carbonyl (C=O) groups is 2. The number of carboxylic acid groups (broad SMARTS) is 1. The predicted molar refractivity (Wildman–Crippen MR) is 132 cm³/mol. The summed E-state index contributed by atoms with van der Waals surface area (Å²) >= 11 is 3.40. The zero-order valence-electron chi connectivity index (χ0n) is 20.0. The second-order valence-corrected chi connectivity index (χ2v) is 19.8. The quantitative estimate of drug-likeness (QED) is 0.512. The summed E-state index contributed by atoms with van der Waals surface area (Å²) in [4.78, 5) is 27.0. The van der Waals surface area contributed by atoms with Crippen molar-refractivity contribution in [3.05, 3.63) is 33.8 Å². The van der Waals surface area contributed by atoms with E-state index in [2.05, 4.69) is 40.3 Å². The van der Waals surface area contributed by atoms with Crippen LogP contribution in [-0.4, -0.2) is 63.0 Å². The number of amides is 1. The van der Waals surface area contributed by atoms with Gasteiger partial charge < -0.3 is 14.7 Å². The molecule has 1 aliphatic heterocycles. The molecule has 1 unspecified atom stereocenters. The van der Waals surface area contributed by atoms with Crippen molar-refractivity contribution < 1.29 is 27.9 Å². The van der Waals surface area contributed by atoms with Crippen LogP contribution in [-0.2, 0) is 31.5 Å². The molecule has 1 aromatic carbocycles. The van der Waals surface area contributed by atoms with E-state index in [1.165, 1.54) is 4.90 Å². The van der Waals surface area contributed by atoms with E-state index in [-0.39, 0.29) is 18.8 Å². The number of fused-ring (bicyclic) bond motifs is 1. The molecule has 1 fully saturated rings. The number of ether oxygens (including phenoxy) is 1. The van der Waals surface area contributed by atoms with Gasteiger partial charge in [-0.1, -0.05) is 41.6 Å². The summed E-state index contributed by atoms with van der Waals surface area (Å²) in [5, 5.41) is 10.5. The van der Waals surface area contributed by atoms with E-state index in [9.17, 15) is 23.1 Å². The Hall–Kier alpha value is -1.43. The standard InChI is InChI=1S/C22H33BrN2O6SSi/c1-20(2,3)31-19(28)25-13-21(14-25)12-15-7-8-16(23)11-17(15)22(21,18(26)27)24-32(29,30)9-10-33(4,5)6/h7-8,11,24H,9-10,12-14H2,1-6H3,(H,26,27). The van der Waals surface area contributed by atoms with Crippen LogP contribution in [0.5, 0.6) is 0 Å². The number of nitrogens with zero attached hydrogens (tertiary/aromatic N) is 1. The van der Waals surface area contributed by atoms with E-state index >= 15 is 0 Å². The first-order valence-corrected chi connectivity index (χ1v) is 17.1. The van der Waals surface area contributed by atoms with Gasteiger partial charge in [0.1, 0.15) is 5.60 Å². The van der Waals surface area contributed by atoms with E-state index < -0.39 is 46.7 Å². The van der Waals surface area contributed by atoms with E-state index in [0.717, 1.165) is 5.56 Å². The summed E-state index contributed by atoms with van der Waals surface area (Å²) in [5.41, 5.74) is -2.39. The molecular formula is C22H33BrN2O6SSi. The van der Waals surface area contributed by atoms with Crippen molar-refractivity contribution in [3.8, 4) is 0 Å². The van der Waals surface area contributed by atoms with E-state index in [1.807, 2.05) is 12.1 Å². The summed E-state index contributed by atoms with van der Waals surface area (Å²) < 4.78 is 35.1. The maximum absolute atomic E-state index is 13.2. The molecule has 8 nitrogen and oxygen atoms in total. The predicted octanol–water partition coefficient (Wildman–Crippen LogP) is 3.78. The molecule has 33 heavy (non-hydrogen) atoms. The molecule has 1 aromatic rings. The molecule has 1 aliphatic carbocycles. The first-order chi connectivity index (χ1) is 14.9. The number of benzene rings is 1. The molecule has 2 N–H and O–H groups in total. The van der Waals surface area contributed by atoms with Gasteiger partial charge in [0.05, 0.1) is 5.75 Å². The van der Waals surface area contributed by atoms with Crippen molar-refractivity contribution in [2.75, 3.05) is 18.8 Å². The van der Waals surface area contributed by atoms with Crippen LogP contribution in [0, 0.1) is 5.41 Å². The molecule has 2 aliphatic rings. The molecular weight excluding hydrogens is 528 g/mol. The lowest BCUT2D eigenvalue weighted by atomic mass is 9.65. The van der Waals surface area contributed by atoms with Crippen LogP contribution in [0.25, 0.3) is 0 Å². The number of nitrogens with one attached hydrogen (secondary N) is 1. The number of rotatable bonds is 6. The van der Waals surface area contributed by atoms with Crippen LogP contribution in [0.15, 0.2) is 22.7 Å². The zero-order chi connectivity index (χ0) is 25.0. The average Bonchev–Trinajstić information content (AvgIpc) is 2.87. The van der Waals surface area contributed by atoms with Crippen LogP contribution >= 0.6 is 15.9 Å². The number of halogens is 1. The normalized spacial score (nSPS) is 22.1. The Morgan fingerprint density at radius 1 is 1.24 bits per heavy atom. The van der Waals surface area contributed by atoms with Gasteiger partial charge in [-0.15, -0.1) is 0 Å². The summed E-state index contributed by atoms with van der Waals surface area (Å²) in [6.45, 7) is 11.7. The third-order valence-corrected chi connectivity index (χ3v) is 10.2. The topological polar surface area (TPSA) is 113 Å². The first-order valence-electron chi connectivity index (χ1n) is 10.9. The van der Waals surface area contributed by atoms with Crippen molar-refractivity contribution in [2.45, 2.75) is 64.0 Å². The van der Waals surface area contributed by atoms with Gasteiger partial charge in [-0.2, -0.15) is 4.72 Å². The third-order valence-electron chi connectivity index (χ3n) is 6.19. The molecule has 1 atom stereocenters. The highest BCUT2D eigenvalue weighted by atomic mass is 79.9. The Kier molecular flexibility index (Phi) is 6.62. The second kappa shape index (κ2) is 8.35. The lowest BCUT2D eigenvalue weighted by Crippen LogP contribution is -2.73.